The van der Waals surface area contributed by atoms with Crippen LogP contribution in [0, 0.1) is 0 Å². The second kappa shape index (κ2) is 49.0. The fourth-order valence-corrected chi connectivity index (χ4v) is 9.39. The van der Waals surface area contributed by atoms with Crippen LogP contribution in [-0.2, 0) is 32.7 Å². The Kier molecular flexibility index (Phi) is 48.3. The zero-order chi connectivity index (χ0) is 48.5. The summed E-state index contributed by atoms with van der Waals surface area (Å²) in [7, 11) is 1.19. The molecule has 66 heavy (non-hydrogen) atoms. The predicted molar refractivity (Wildman–Crippen MR) is 278 cm³/mol. The molecule has 394 valence electrons. The van der Waals surface area contributed by atoms with Gasteiger partial charge in [0.25, 0.3) is 7.82 Å². The number of unbranched alkanes of at least 4 members (excludes halogenated alkanes) is 40. The smallest absolute Gasteiger partial charge is 0.306 e. The second-order valence-corrected chi connectivity index (χ2v) is 22.4. The van der Waals surface area contributed by atoms with Crippen LogP contribution in [0.25, 0.3) is 0 Å². The van der Waals surface area contributed by atoms with Crippen molar-refractivity contribution in [1.82, 2.24) is 0 Å². The lowest BCUT2D eigenvalue weighted by molar-refractivity contribution is -0.870. The summed E-state index contributed by atoms with van der Waals surface area (Å²) in [5.74, 6) is -0.815. The highest BCUT2D eigenvalue weighted by Gasteiger charge is 2.22. The monoisotopic (exact) mass is 958 g/mol. The SMILES string of the molecule is CCCCCCCCCCCCCCCCCCCCCCCCCCCCCCCCCC(=O)OC(COC(=O)CCCCCCCCCCCCC)COP(=O)([O-])OCC[N+](C)(C)C. The third-order valence-corrected chi connectivity index (χ3v) is 14.1. The van der Waals surface area contributed by atoms with Gasteiger partial charge in [0.15, 0.2) is 6.10 Å². The molecule has 0 spiro atoms. The van der Waals surface area contributed by atoms with E-state index in [1.54, 1.807) is 0 Å². The molecule has 9 nitrogen and oxygen atoms in total. The molecular formula is C56H112NO8P. The van der Waals surface area contributed by atoms with Crippen molar-refractivity contribution in [1.29, 1.82) is 0 Å². The minimum absolute atomic E-state index is 0.0254. The van der Waals surface area contributed by atoms with Crippen molar-refractivity contribution in [2.24, 2.45) is 0 Å². The maximum Gasteiger partial charge on any atom is 0.306 e. The van der Waals surface area contributed by atoms with E-state index < -0.39 is 26.5 Å². The Morgan fingerprint density at radius 3 is 0.970 bits per heavy atom. The molecule has 10 heteroatoms. The Morgan fingerprint density at radius 2 is 0.682 bits per heavy atom. The van der Waals surface area contributed by atoms with Crippen molar-refractivity contribution in [2.75, 3.05) is 47.5 Å². The number of hydrogen-bond acceptors (Lipinski definition) is 8. The van der Waals surface area contributed by atoms with E-state index in [1.807, 2.05) is 21.1 Å². The summed E-state index contributed by atoms with van der Waals surface area (Å²) >= 11 is 0. The highest BCUT2D eigenvalue weighted by atomic mass is 31.2. The average Bonchev–Trinajstić information content (AvgIpc) is 3.27. The number of carbonyl (C=O) groups is 2. The van der Waals surface area contributed by atoms with Gasteiger partial charge in [-0.25, -0.2) is 0 Å². The largest absolute Gasteiger partial charge is 0.756 e. The molecule has 0 aromatic carbocycles. The van der Waals surface area contributed by atoms with Crippen LogP contribution in [0.4, 0.5) is 0 Å². The summed E-state index contributed by atoms with van der Waals surface area (Å²) in [5.41, 5.74) is 0. The van der Waals surface area contributed by atoms with Crippen LogP contribution in [0.3, 0.4) is 0 Å². The first-order valence-corrected chi connectivity index (χ1v) is 30.2. The number of esters is 2. The normalized spacial score (nSPS) is 13.2. The van der Waals surface area contributed by atoms with Crippen LogP contribution in [0.15, 0.2) is 0 Å². The van der Waals surface area contributed by atoms with Crippen molar-refractivity contribution in [3.05, 3.63) is 0 Å². The lowest BCUT2D eigenvalue weighted by Crippen LogP contribution is -2.37. The van der Waals surface area contributed by atoms with Gasteiger partial charge in [-0.2, -0.15) is 0 Å². The number of hydrogen-bond donors (Lipinski definition) is 0. The van der Waals surface area contributed by atoms with E-state index in [4.69, 9.17) is 18.5 Å². The first-order chi connectivity index (χ1) is 32.0. The Hall–Kier alpha value is -0.990. The van der Waals surface area contributed by atoms with Gasteiger partial charge >= 0.3 is 11.9 Å². The van der Waals surface area contributed by atoms with Gasteiger partial charge in [0.1, 0.15) is 19.8 Å². The van der Waals surface area contributed by atoms with Gasteiger partial charge < -0.3 is 27.9 Å². The van der Waals surface area contributed by atoms with E-state index in [0.717, 1.165) is 32.1 Å². The lowest BCUT2D eigenvalue weighted by Gasteiger charge is -2.28. The van der Waals surface area contributed by atoms with Crippen LogP contribution in [0.5, 0.6) is 0 Å². The van der Waals surface area contributed by atoms with Crippen molar-refractivity contribution in [2.45, 2.75) is 302 Å². The Labute approximate surface area is 410 Å². The van der Waals surface area contributed by atoms with Gasteiger partial charge in [-0.3, -0.25) is 14.2 Å². The predicted octanol–water partition coefficient (Wildman–Crippen LogP) is 16.9. The van der Waals surface area contributed by atoms with E-state index in [2.05, 4.69) is 13.8 Å². The number of quaternary nitrogens is 1. The minimum Gasteiger partial charge on any atom is -0.756 e. The van der Waals surface area contributed by atoms with E-state index in [-0.39, 0.29) is 32.0 Å². The molecule has 2 atom stereocenters. The van der Waals surface area contributed by atoms with Gasteiger partial charge in [0.05, 0.1) is 27.7 Å². The third-order valence-electron chi connectivity index (χ3n) is 13.1. The standard InChI is InChI=1S/C56H112NO8P/c1-6-8-10-12-14-16-18-19-20-21-22-23-24-25-26-27-28-29-30-31-32-33-34-35-36-37-39-41-43-45-47-49-56(59)65-54(53-64-66(60,61)63-51-50-57(3,4)5)52-62-55(58)48-46-44-42-40-38-17-15-13-11-9-7-2/h54H,6-53H2,1-5H3. The van der Waals surface area contributed by atoms with Gasteiger partial charge in [-0.05, 0) is 12.8 Å². The summed E-state index contributed by atoms with van der Waals surface area (Å²) in [4.78, 5) is 37.7. The van der Waals surface area contributed by atoms with Gasteiger partial charge in [-0.15, -0.1) is 0 Å². The van der Waals surface area contributed by atoms with E-state index in [9.17, 15) is 19.0 Å². The Bertz CT molecular complexity index is 1080. The van der Waals surface area contributed by atoms with E-state index in [1.165, 1.54) is 231 Å². The van der Waals surface area contributed by atoms with Crippen LogP contribution in [0.2, 0.25) is 0 Å². The fraction of sp³-hybridized carbons (Fsp3) is 0.964. The zero-order valence-corrected chi connectivity index (χ0v) is 45.6. The van der Waals surface area contributed by atoms with Crippen molar-refractivity contribution in [3.63, 3.8) is 0 Å². The van der Waals surface area contributed by atoms with E-state index in [0.29, 0.717) is 17.4 Å². The van der Waals surface area contributed by atoms with Crippen molar-refractivity contribution >= 4 is 19.8 Å². The molecule has 0 amide bonds. The lowest BCUT2D eigenvalue weighted by atomic mass is 10.0. The van der Waals surface area contributed by atoms with Crippen molar-refractivity contribution < 1.29 is 42.1 Å². The highest BCUT2D eigenvalue weighted by Crippen LogP contribution is 2.38. The molecule has 0 bridgehead atoms. The topological polar surface area (TPSA) is 111 Å². The summed E-state index contributed by atoms with van der Waals surface area (Å²) in [5, 5.41) is 0. The van der Waals surface area contributed by atoms with Crippen molar-refractivity contribution in [3.8, 4) is 0 Å². The molecule has 0 N–H and O–H groups in total. The van der Waals surface area contributed by atoms with Crippen LogP contribution in [-0.4, -0.2) is 70.0 Å². The molecule has 0 saturated heterocycles. The number of phosphoric acid groups is 1. The fourth-order valence-electron chi connectivity index (χ4n) is 8.66. The number of likely N-dealkylation sites (N-methyl/N-ethyl adjacent to an activating group) is 1. The van der Waals surface area contributed by atoms with Crippen LogP contribution >= 0.6 is 7.82 Å². The maximum absolute atomic E-state index is 12.8. The number of ether oxygens (including phenoxy) is 2. The quantitative estimate of drug-likeness (QED) is 0.0256. The molecule has 0 fully saturated rings. The zero-order valence-electron chi connectivity index (χ0n) is 44.7. The van der Waals surface area contributed by atoms with E-state index >= 15 is 0 Å². The summed E-state index contributed by atoms with van der Waals surface area (Å²) in [6, 6.07) is 0. The molecule has 0 aromatic heterocycles. The molecule has 0 aromatic rings. The van der Waals surface area contributed by atoms with Gasteiger partial charge in [0.2, 0.25) is 0 Å². The first kappa shape index (κ1) is 65.0. The third kappa shape index (κ3) is 52.4. The number of phosphoric ester groups is 1. The van der Waals surface area contributed by atoms with Gasteiger partial charge in [0, 0.05) is 12.8 Å². The molecule has 0 aliphatic heterocycles. The van der Waals surface area contributed by atoms with Crippen LogP contribution in [0.1, 0.15) is 296 Å². The molecule has 0 saturated carbocycles. The number of carbonyl (C=O) groups excluding carboxylic acids is 2. The van der Waals surface area contributed by atoms with Gasteiger partial charge in [-0.1, -0.05) is 271 Å². The Balaban J connectivity index is 3.94. The summed E-state index contributed by atoms with van der Waals surface area (Å²) < 4.78 is 34.1. The molecular weight excluding hydrogens is 846 g/mol. The molecule has 2 unspecified atom stereocenters. The van der Waals surface area contributed by atoms with Crippen LogP contribution < -0.4 is 4.89 Å². The molecule has 0 aliphatic rings. The highest BCUT2D eigenvalue weighted by molar-refractivity contribution is 7.45. The average molecular weight is 958 g/mol. The molecule has 0 aliphatic carbocycles. The first-order valence-electron chi connectivity index (χ1n) is 28.7. The number of rotatable bonds is 54. The maximum atomic E-state index is 12.8. The second-order valence-electron chi connectivity index (χ2n) is 21.0. The summed E-state index contributed by atoms with van der Waals surface area (Å²) in [6.45, 7) is 4.28. The number of nitrogens with zero attached hydrogens (tertiary/aromatic N) is 1. The Morgan fingerprint density at radius 1 is 0.409 bits per heavy atom. The minimum atomic E-state index is -4.62. The molecule has 0 radical (unpaired) electrons. The summed E-state index contributed by atoms with van der Waals surface area (Å²) in [6.07, 6.45) is 54.6. The molecule has 0 heterocycles. The molecule has 0 rings (SSSR count).